The highest BCUT2D eigenvalue weighted by Crippen LogP contribution is 2.23. The number of ether oxygens (including phenoxy) is 2. The average molecular weight is 262 g/mol. The van der Waals surface area contributed by atoms with Crippen LogP contribution >= 0.6 is 11.8 Å². The molecule has 0 spiro atoms. The van der Waals surface area contributed by atoms with E-state index in [-0.39, 0.29) is 22.4 Å². The van der Waals surface area contributed by atoms with Crippen LogP contribution < -0.4 is 0 Å². The molecular formula is C12H22O4S. The molecule has 0 aromatic heterocycles. The first-order chi connectivity index (χ1) is 7.99. The topological polar surface area (TPSA) is 52.6 Å². The van der Waals surface area contributed by atoms with Gasteiger partial charge in [0.15, 0.2) is 0 Å². The van der Waals surface area contributed by atoms with Gasteiger partial charge in [0.05, 0.1) is 26.1 Å². The molecule has 4 nitrogen and oxygen atoms in total. The van der Waals surface area contributed by atoms with Gasteiger partial charge in [0.25, 0.3) is 0 Å². The molecule has 2 atom stereocenters. The molecule has 5 heteroatoms. The maximum Gasteiger partial charge on any atom is 0.306 e. The zero-order valence-corrected chi connectivity index (χ0v) is 11.8. The van der Waals surface area contributed by atoms with E-state index in [1.807, 2.05) is 13.8 Å². The molecule has 0 aliphatic heterocycles. The second-order valence-electron chi connectivity index (χ2n) is 3.78. The van der Waals surface area contributed by atoms with Gasteiger partial charge in [0.2, 0.25) is 0 Å². The Balaban J connectivity index is 3.82. The van der Waals surface area contributed by atoms with E-state index in [4.69, 9.17) is 9.47 Å². The zero-order valence-electron chi connectivity index (χ0n) is 11.0. The lowest BCUT2D eigenvalue weighted by molar-refractivity contribution is -0.143. The van der Waals surface area contributed by atoms with Gasteiger partial charge in [-0.2, -0.15) is 11.8 Å². The number of thioether (sulfide) groups is 1. The monoisotopic (exact) mass is 262 g/mol. The predicted molar refractivity (Wildman–Crippen MR) is 69.0 cm³/mol. The maximum atomic E-state index is 11.2. The molecule has 0 rings (SSSR count). The molecule has 0 amide bonds. The molecule has 17 heavy (non-hydrogen) atoms. The van der Waals surface area contributed by atoms with Gasteiger partial charge in [0, 0.05) is 10.5 Å². The highest BCUT2D eigenvalue weighted by molar-refractivity contribution is 8.00. The Morgan fingerprint density at radius 2 is 1.29 bits per heavy atom. The summed E-state index contributed by atoms with van der Waals surface area (Å²) in [6.07, 6.45) is 0.761. The minimum Gasteiger partial charge on any atom is -0.466 e. The van der Waals surface area contributed by atoms with Crippen molar-refractivity contribution < 1.29 is 19.1 Å². The quantitative estimate of drug-likeness (QED) is 0.629. The molecule has 0 unspecified atom stereocenters. The third-order valence-corrected chi connectivity index (χ3v) is 3.25. The van der Waals surface area contributed by atoms with Gasteiger partial charge < -0.3 is 9.47 Å². The second-order valence-corrected chi connectivity index (χ2v) is 5.66. The van der Waals surface area contributed by atoms with Crippen LogP contribution in [0.25, 0.3) is 0 Å². The number of carbonyl (C=O) groups excluding carboxylic acids is 2. The molecule has 0 aromatic rings. The van der Waals surface area contributed by atoms with Crippen LogP contribution in [-0.2, 0) is 19.1 Å². The first-order valence-corrected chi connectivity index (χ1v) is 6.90. The summed E-state index contributed by atoms with van der Waals surface area (Å²) >= 11 is 1.61. The number of hydrogen-bond donors (Lipinski definition) is 0. The van der Waals surface area contributed by atoms with E-state index in [0.29, 0.717) is 26.1 Å². The molecule has 0 fully saturated rings. The lowest BCUT2D eigenvalue weighted by Crippen LogP contribution is -2.16. The van der Waals surface area contributed by atoms with Gasteiger partial charge >= 0.3 is 11.9 Å². The Kier molecular flexibility index (Phi) is 8.94. The summed E-state index contributed by atoms with van der Waals surface area (Å²) in [6.45, 7) is 8.33. The molecule has 0 N–H and O–H groups in total. The second kappa shape index (κ2) is 9.33. The highest BCUT2D eigenvalue weighted by Gasteiger charge is 2.16. The van der Waals surface area contributed by atoms with Crippen molar-refractivity contribution in [2.45, 2.75) is 51.0 Å². The first-order valence-electron chi connectivity index (χ1n) is 5.96. The van der Waals surface area contributed by atoms with Crippen molar-refractivity contribution in [3.63, 3.8) is 0 Å². The molecule has 0 aliphatic rings. The van der Waals surface area contributed by atoms with Crippen LogP contribution in [-0.4, -0.2) is 35.7 Å². The summed E-state index contributed by atoms with van der Waals surface area (Å²) in [7, 11) is 0. The fraction of sp³-hybridized carbons (Fsp3) is 0.833. The summed E-state index contributed by atoms with van der Waals surface area (Å²) < 4.78 is 9.74. The summed E-state index contributed by atoms with van der Waals surface area (Å²) in [5, 5.41) is 0.303. The minimum absolute atomic E-state index is 0.151. The predicted octanol–water partition coefficient (Wildman–Crippen LogP) is 2.40. The number of esters is 2. The van der Waals surface area contributed by atoms with Gasteiger partial charge in [-0.15, -0.1) is 0 Å². The van der Waals surface area contributed by atoms with E-state index in [0.717, 1.165) is 0 Å². The Morgan fingerprint density at radius 1 is 0.941 bits per heavy atom. The van der Waals surface area contributed by atoms with Crippen LogP contribution in [0, 0.1) is 0 Å². The molecule has 0 radical (unpaired) electrons. The van der Waals surface area contributed by atoms with Crippen LogP contribution in [0.3, 0.4) is 0 Å². The van der Waals surface area contributed by atoms with Gasteiger partial charge in [-0.1, -0.05) is 13.8 Å². The van der Waals surface area contributed by atoms with Crippen molar-refractivity contribution >= 4 is 23.7 Å². The standard InChI is InChI=1S/C12H22O4S/c1-5-15-11(13)7-9(3)17-10(4)8-12(14)16-6-2/h9-10H,5-8H2,1-4H3/t9-,10+. The van der Waals surface area contributed by atoms with Crippen LogP contribution in [0.4, 0.5) is 0 Å². The number of carbonyl (C=O) groups is 2. The largest absolute Gasteiger partial charge is 0.466 e. The number of rotatable bonds is 8. The van der Waals surface area contributed by atoms with E-state index >= 15 is 0 Å². The Labute approximate surface area is 107 Å². The Morgan fingerprint density at radius 3 is 1.59 bits per heavy atom. The molecule has 0 aromatic carbocycles. The smallest absolute Gasteiger partial charge is 0.306 e. The van der Waals surface area contributed by atoms with Crippen molar-refractivity contribution in [3.8, 4) is 0 Å². The van der Waals surface area contributed by atoms with Crippen LogP contribution in [0.2, 0.25) is 0 Å². The fourth-order valence-electron chi connectivity index (χ4n) is 1.40. The van der Waals surface area contributed by atoms with Crippen LogP contribution in [0.1, 0.15) is 40.5 Å². The van der Waals surface area contributed by atoms with Gasteiger partial charge in [-0.05, 0) is 13.8 Å². The van der Waals surface area contributed by atoms with Crippen molar-refractivity contribution in [1.29, 1.82) is 0 Å². The Bertz CT molecular complexity index is 219. The van der Waals surface area contributed by atoms with Gasteiger partial charge in [0.1, 0.15) is 0 Å². The molecule has 0 saturated carbocycles. The van der Waals surface area contributed by atoms with E-state index in [9.17, 15) is 9.59 Å². The maximum absolute atomic E-state index is 11.2. The third-order valence-electron chi connectivity index (χ3n) is 1.98. The van der Waals surface area contributed by atoms with Crippen molar-refractivity contribution in [1.82, 2.24) is 0 Å². The van der Waals surface area contributed by atoms with E-state index in [1.54, 1.807) is 25.6 Å². The molecule has 0 heterocycles. The zero-order chi connectivity index (χ0) is 13.3. The van der Waals surface area contributed by atoms with E-state index in [1.165, 1.54) is 0 Å². The summed E-state index contributed by atoms with van der Waals surface area (Å²) in [5.74, 6) is -0.369. The lowest BCUT2D eigenvalue weighted by Gasteiger charge is -2.15. The first kappa shape index (κ1) is 16.3. The highest BCUT2D eigenvalue weighted by atomic mass is 32.2. The van der Waals surface area contributed by atoms with Crippen LogP contribution in [0.5, 0.6) is 0 Å². The molecule has 0 saturated heterocycles. The van der Waals surface area contributed by atoms with Gasteiger partial charge in [-0.3, -0.25) is 9.59 Å². The summed E-state index contributed by atoms with van der Waals surface area (Å²) in [5.41, 5.74) is 0. The molecular weight excluding hydrogens is 240 g/mol. The summed E-state index contributed by atoms with van der Waals surface area (Å²) in [4.78, 5) is 22.5. The Hall–Kier alpha value is -0.710. The lowest BCUT2D eigenvalue weighted by atomic mass is 10.3. The normalized spacial score (nSPS) is 13.9. The fourth-order valence-corrected chi connectivity index (χ4v) is 2.66. The van der Waals surface area contributed by atoms with E-state index < -0.39 is 0 Å². The third kappa shape index (κ3) is 9.03. The van der Waals surface area contributed by atoms with Gasteiger partial charge in [-0.25, -0.2) is 0 Å². The molecule has 100 valence electrons. The van der Waals surface area contributed by atoms with E-state index in [2.05, 4.69) is 0 Å². The van der Waals surface area contributed by atoms with Crippen molar-refractivity contribution in [2.24, 2.45) is 0 Å². The SMILES string of the molecule is CCOC(=O)C[C@@H](C)S[C@@H](C)CC(=O)OCC. The molecule has 0 bridgehead atoms. The average Bonchev–Trinajstić information content (AvgIpc) is 2.16. The molecule has 0 aliphatic carbocycles. The number of hydrogen-bond acceptors (Lipinski definition) is 5. The van der Waals surface area contributed by atoms with Crippen molar-refractivity contribution in [3.05, 3.63) is 0 Å². The van der Waals surface area contributed by atoms with Crippen molar-refractivity contribution in [2.75, 3.05) is 13.2 Å². The van der Waals surface area contributed by atoms with Crippen LogP contribution in [0.15, 0.2) is 0 Å². The minimum atomic E-state index is -0.184. The summed E-state index contributed by atoms with van der Waals surface area (Å²) in [6, 6.07) is 0.